The summed E-state index contributed by atoms with van der Waals surface area (Å²) in [5.74, 6) is -0.403. The summed E-state index contributed by atoms with van der Waals surface area (Å²) in [6.45, 7) is 9.12. The average Bonchev–Trinajstić information content (AvgIpc) is 3.20. The van der Waals surface area contributed by atoms with Gasteiger partial charge in [-0.2, -0.15) is 5.10 Å². The monoisotopic (exact) mass is 416 g/mol. The second-order valence-corrected chi connectivity index (χ2v) is 9.06. The van der Waals surface area contributed by atoms with Gasteiger partial charge in [0.2, 0.25) is 0 Å². The molecule has 154 valence electrons. The summed E-state index contributed by atoms with van der Waals surface area (Å²) in [7, 11) is 0. The molecule has 1 aliphatic rings. The van der Waals surface area contributed by atoms with E-state index in [-0.39, 0.29) is 23.2 Å². The highest BCUT2D eigenvalue weighted by molar-refractivity contribution is 6.31. The Morgan fingerprint density at radius 1 is 1.21 bits per heavy atom. The molecule has 3 heterocycles. The highest BCUT2D eigenvalue weighted by Crippen LogP contribution is 2.28. The molecule has 1 saturated heterocycles. The highest BCUT2D eigenvalue weighted by Gasteiger charge is 2.30. The molecule has 1 fully saturated rings. The van der Waals surface area contributed by atoms with Gasteiger partial charge in [0, 0.05) is 24.2 Å². The molecule has 1 aliphatic heterocycles. The Labute approximate surface area is 173 Å². The molecule has 0 unspecified atom stereocenters. The summed E-state index contributed by atoms with van der Waals surface area (Å²) in [6.07, 6.45) is 1.35. The van der Waals surface area contributed by atoms with E-state index in [0.717, 1.165) is 5.69 Å². The predicted molar refractivity (Wildman–Crippen MR) is 112 cm³/mol. The lowest BCUT2D eigenvalue weighted by Gasteiger charge is -2.33. The summed E-state index contributed by atoms with van der Waals surface area (Å²) >= 11 is 6.11. The van der Waals surface area contributed by atoms with Crippen LogP contribution in [0.3, 0.4) is 0 Å². The summed E-state index contributed by atoms with van der Waals surface area (Å²) in [5.41, 5.74) is 2.38. The number of aryl methyl sites for hydroxylation is 1. The first-order valence-corrected chi connectivity index (χ1v) is 10.2. The van der Waals surface area contributed by atoms with Crippen LogP contribution in [0.4, 0.5) is 0 Å². The Morgan fingerprint density at radius 2 is 1.90 bits per heavy atom. The third-order valence-corrected chi connectivity index (χ3v) is 5.61. The second kappa shape index (κ2) is 7.06. The van der Waals surface area contributed by atoms with Gasteiger partial charge in [-0.15, -0.1) is 0 Å². The Morgan fingerprint density at radius 3 is 2.55 bits per heavy atom. The van der Waals surface area contributed by atoms with Crippen molar-refractivity contribution in [3.63, 3.8) is 0 Å². The lowest BCUT2D eigenvalue weighted by molar-refractivity contribution is 0.0673. The number of rotatable bonds is 2. The fraction of sp³-hybridized carbons (Fsp3) is 0.476. The number of fused-ring (bicyclic) bond motifs is 1. The fourth-order valence-corrected chi connectivity index (χ4v) is 4.17. The smallest absolute Gasteiger partial charge is 0.408 e. The van der Waals surface area contributed by atoms with Crippen molar-refractivity contribution >= 4 is 28.6 Å². The number of hydrogen-bond donors (Lipinski definition) is 0. The van der Waals surface area contributed by atoms with E-state index in [4.69, 9.17) is 16.0 Å². The van der Waals surface area contributed by atoms with Crippen molar-refractivity contribution in [1.82, 2.24) is 19.2 Å². The molecule has 0 radical (unpaired) electrons. The van der Waals surface area contributed by atoms with Crippen molar-refractivity contribution in [2.24, 2.45) is 0 Å². The third-order valence-electron chi connectivity index (χ3n) is 5.38. The van der Waals surface area contributed by atoms with Crippen LogP contribution in [0.2, 0.25) is 5.02 Å². The van der Waals surface area contributed by atoms with E-state index in [9.17, 15) is 9.59 Å². The van der Waals surface area contributed by atoms with Crippen LogP contribution in [-0.4, -0.2) is 38.2 Å². The van der Waals surface area contributed by atoms with Crippen molar-refractivity contribution in [3.05, 3.63) is 51.2 Å². The largest absolute Gasteiger partial charge is 0.420 e. The van der Waals surface area contributed by atoms with Crippen LogP contribution in [0, 0.1) is 6.92 Å². The average molecular weight is 417 g/mol. The molecule has 0 aliphatic carbocycles. The van der Waals surface area contributed by atoms with Crippen LogP contribution in [0.5, 0.6) is 0 Å². The molecule has 4 rings (SSSR count). The first-order chi connectivity index (χ1) is 13.6. The molecule has 7 nitrogen and oxygen atoms in total. The molecule has 2 aromatic heterocycles. The number of carbonyl (C=O) groups is 1. The minimum absolute atomic E-state index is 0.0218. The van der Waals surface area contributed by atoms with E-state index in [1.54, 1.807) is 27.4 Å². The van der Waals surface area contributed by atoms with Crippen molar-refractivity contribution in [1.29, 1.82) is 0 Å². The standard InChI is InChI=1S/C21H25ClN4O3/c1-13-11-17(26(23-13)21(2,3)4)19(27)24-9-7-15(8-10-24)25-16-12-14(22)5-6-18(16)29-20(25)28/h5-6,11-12,15H,7-10H2,1-4H3. The zero-order valence-electron chi connectivity index (χ0n) is 17.1. The van der Waals surface area contributed by atoms with Gasteiger partial charge in [-0.25, -0.2) is 4.79 Å². The molecule has 0 spiro atoms. The van der Waals surface area contributed by atoms with Gasteiger partial charge in [0.1, 0.15) is 5.69 Å². The molecule has 0 N–H and O–H groups in total. The van der Waals surface area contributed by atoms with Crippen LogP contribution in [0.25, 0.3) is 11.1 Å². The zero-order chi connectivity index (χ0) is 20.9. The number of carbonyl (C=O) groups excluding carboxylic acids is 1. The Kier molecular flexibility index (Phi) is 4.81. The summed E-state index contributed by atoms with van der Waals surface area (Å²) in [5, 5.41) is 5.07. The highest BCUT2D eigenvalue weighted by atomic mass is 35.5. The second-order valence-electron chi connectivity index (χ2n) is 8.63. The molecular weight excluding hydrogens is 392 g/mol. The van der Waals surface area contributed by atoms with Gasteiger partial charge in [-0.05, 0) is 64.8 Å². The number of piperidine rings is 1. The van der Waals surface area contributed by atoms with E-state index in [1.165, 1.54) is 0 Å². The summed E-state index contributed by atoms with van der Waals surface area (Å²) < 4.78 is 8.84. The third kappa shape index (κ3) is 3.59. The number of oxazole rings is 1. The molecule has 29 heavy (non-hydrogen) atoms. The van der Waals surface area contributed by atoms with Crippen LogP contribution < -0.4 is 5.76 Å². The maximum Gasteiger partial charge on any atom is 0.420 e. The minimum Gasteiger partial charge on any atom is -0.408 e. The lowest BCUT2D eigenvalue weighted by atomic mass is 10.0. The summed E-state index contributed by atoms with van der Waals surface area (Å²) in [6, 6.07) is 6.99. The van der Waals surface area contributed by atoms with E-state index < -0.39 is 0 Å². The predicted octanol–water partition coefficient (Wildman–Crippen LogP) is 3.99. The van der Waals surface area contributed by atoms with Crippen molar-refractivity contribution < 1.29 is 9.21 Å². The number of halogens is 1. The lowest BCUT2D eigenvalue weighted by Crippen LogP contribution is -2.42. The molecule has 0 bridgehead atoms. The van der Waals surface area contributed by atoms with E-state index in [0.29, 0.717) is 47.7 Å². The van der Waals surface area contributed by atoms with Crippen molar-refractivity contribution in [3.8, 4) is 0 Å². The van der Waals surface area contributed by atoms with Crippen LogP contribution in [0.15, 0.2) is 33.5 Å². The quantitative estimate of drug-likeness (QED) is 0.633. The van der Waals surface area contributed by atoms with Gasteiger partial charge < -0.3 is 9.32 Å². The Hall–Kier alpha value is -2.54. The topological polar surface area (TPSA) is 73.3 Å². The van der Waals surface area contributed by atoms with Gasteiger partial charge in [0.25, 0.3) is 5.91 Å². The first-order valence-electron chi connectivity index (χ1n) is 9.82. The van der Waals surface area contributed by atoms with Crippen LogP contribution in [0.1, 0.15) is 55.8 Å². The molecule has 0 saturated carbocycles. The SMILES string of the molecule is Cc1cc(C(=O)N2CCC(n3c(=O)oc4ccc(Cl)cc43)CC2)n(C(C)(C)C)n1. The summed E-state index contributed by atoms with van der Waals surface area (Å²) in [4.78, 5) is 27.4. The minimum atomic E-state index is -0.381. The molecule has 1 amide bonds. The Balaban J connectivity index is 1.55. The van der Waals surface area contributed by atoms with Gasteiger partial charge in [0.05, 0.1) is 16.7 Å². The number of amides is 1. The molecule has 1 aromatic carbocycles. The number of benzene rings is 1. The van der Waals surface area contributed by atoms with E-state index in [2.05, 4.69) is 5.10 Å². The Bertz CT molecular complexity index is 1130. The maximum atomic E-state index is 13.2. The van der Waals surface area contributed by atoms with Crippen LogP contribution >= 0.6 is 11.6 Å². The number of hydrogen-bond acceptors (Lipinski definition) is 4. The molecular formula is C21H25ClN4O3. The number of nitrogens with zero attached hydrogens (tertiary/aromatic N) is 4. The zero-order valence-corrected chi connectivity index (χ0v) is 17.9. The first kappa shape index (κ1) is 19.8. The fourth-order valence-electron chi connectivity index (χ4n) is 4.00. The molecule has 0 atom stereocenters. The maximum absolute atomic E-state index is 13.2. The van der Waals surface area contributed by atoms with Crippen LogP contribution in [-0.2, 0) is 5.54 Å². The molecule has 8 heteroatoms. The van der Waals surface area contributed by atoms with Crippen molar-refractivity contribution in [2.75, 3.05) is 13.1 Å². The van der Waals surface area contributed by atoms with Gasteiger partial charge in [-0.1, -0.05) is 11.6 Å². The number of aromatic nitrogens is 3. The van der Waals surface area contributed by atoms with E-state index >= 15 is 0 Å². The molecule has 3 aromatic rings. The normalized spacial score (nSPS) is 16.0. The van der Waals surface area contributed by atoms with Gasteiger partial charge >= 0.3 is 5.76 Å². The van der Waals surface area contributed by atoms with Gasteiger partial charge in [0.15, 0.2) is 5.58 Å². The number of likely N-dealkylation sites (tertiary alicyclic amines) is 1. The van der Waals surface area contributed by atoms with Gasteiger partial charge in [-0.3, -0.25) is 14.0 Å². The van der Waals surface area contributed by atoms with Crippen molar-refractivity contribution in [2.45, 2.75) is 52.1 Å². The van der Waals surface area contributed by atoms with E-state index in [1.807, 2.05) is 38.7 Å².